The van der Waals surface area contributed by atoms with Gasteiger partial charge >= 0.3 is 12.0 Å². The Morgan fingerprint density at radius 2 is 1.81 bits per heavy atom. The molecule has 0 aromatic heterocycles. The minimum atomic E-state index is -0.630. The largest absolute Gasteiger partial charge is 0.463 e. The number of esters is 1. The standard InChI is InChI=1S/C27H37ClN4O4/c1-4-31-22(17-30-14-15-32(18(3)16-30)25(33)20-8-6-7-9-20)23(26(34)36-5-2)24(29-27(31)35)19-10-12-21(28)13-11-19/h10-13,18,20,24H,4-9,14-17H2,1-3H3,(H,29,35)/t18-,24+/m1/s1. The Balaban J connectivity index is 1.61. The molecule has 1 saturated carbocycles. The zero-order valence-electron chi connectivity index (χ0n) is 21.5. The Kier molecular flexibility index (Phi) is 8.57. The van der Waals surface area contributed by atoms with Crippen LogP contribution >= 0.6 is 11.6 Å². The number of carbonyl (C=O) groups is 3. The molecule has 0 unspecified atom stereocenters. The van der Waals surface area contributed by atoms with Crippen molar-refractivity contribution in [3.63, 3.8) is 0 Å². The molecule has 1 aliphatic carbocycles. The highest BCUT2D eigenvalue weighted by Crippen LogP contribution is 2.33. The summed E-state index contributed by atoms with van der Waals surface area (Å²) in [6, 6.07) is 6.33. The maximum absolute atomic E-state index is 13.3. The Hall–Kier alpha value is -2.58. The van der Waals surface area contributed by atoms with Gasteiger partial charge in [-0.15, -0.1) is 0 Å². The summed E-state index contributed by atoms with van der Waals surface area (Å²) in [5.74, 6) is 0.00462. The third kappa shape index (κ3) is 5.54. The van der Waals surface area contributed by atoms with Crippen molar-refractivity contribution in [1.82, 2.24) is 20.0 Å². The van der Waals surface area contributed by atoms with Crippen molar-refractivity contribution in [2.24, 2.45) is 5.92 Å². The summed E-state index contributed by atoms with van der Waals surface area (Å²) in [5.41, 5.74) is 1.87. The van der Waals surface area contributed by atoms with Gasteiger partial charge in [-0.3, -0.25) is 14.6 Å². The van der Waals surface area contributed by atoms with E-state index in [-0.39, 0.29) is 30.5 Å². The van der Waals surface area contributed by atoms with Crippen LogP contribution in [-0.4, -0.2) is 78.0 Å². The first kappa shape index (κ1) is 26.5. The molecule has 196 valence electrons. The molecule has 1 aromatic rings. The van der Waals surface area contributed by atoms with E-state index in [0.29, 0.717) is 49.0 Å². The number of nitrogens with zero attached hydrogens (tertiary/aromatic N) is 3. The number of nitrogens with one attached hydrogen (secondary N) is 1. The smallest absolute Gasteiger partial charge is 0.338 e. The fourth-order valence-electron chi connectivity index (χ4n) is 5.69. The SMILES string of the molecule is CCOC(=O)C1=C(CN2CCN(C(=O)C3CCCC3)[C@H](C)C2)N(CC)C(=O)N[C@H]1c1ccc(Cl)cc1. The Morgan fingerprint density at radius 1 is 1.11 bits per heavy atom. The Morgan fingerprint density at radius 3 is 2.42 bits per heavy atom. The predicted octanol–water partition coefficient (Wildman–Crippen LogP) is 3.97. The molecule has 0 radical (unpaired) electrons. The monoisotopic (exact) mass is 516 g/mol. The van der Waals surface area contributed by atoms with Gasteiger partial charge in [-0.05, 0) is 51.3 Å². The summed E-state index contributed by atoms with van der Waals surface area (Å²) in [7, 11) is 0. The van der Waals surface area contributed by atoms with Crippen LogP contribution in [0.15, 0.2) is 35.5 Å². The van der Waals surface area contributed by atoms with Crippen molar-refractivity contribution >= 4 is 29.5 Å². The summed E-state index contributed by atoms with van der Waals surface area (Å²) in [6.07, 6.45) is 4.26. The van der Waals surface area contributed by atoms with E-state index in [9.17, 15) is 14.4 Å². The second-order valence-electron chi connectivity index (χ2n) is 9.86. The predicted molar refractivity (Wildman–Crippen MR) is 138 cm³/mol. The van der Waals surface area contributed by atoms with E-state index in [1.54, 1.807) is 24.0 Å². The molecule has 36 heavy (non-hydrogen) atoms. The van der Waals surface area contributed by atoms with Gasteiger partial charge < -0.3 is 15.0 Å². The molecular formula is C27H37ClN4O4. The van der Waals surface area contributed by atoms with Gasteiger partial charge in [-0.25, -0.2) is 9.59 Å². The van der Waals surface area contributed by atoms with Crippen molar-refractivity contribution in [2.75, 3.05) is 39.3 Å². The molecule has 0 spiro atoms. The van der Waals surface area contributed by atoms with Crippen molar-refractivity contribution < 1.29 is 19.1 Å². The van der Waals surface area contributed by atoms with E-state index in [0.717, 1.165) is 31.2 Å². The Bertz CT molecular complexity index is 1010. The first-order chi connectivity index (χ1) is 17.3. The maximum Gasteiger partial charge on any atom is 0.338 e. The second kappa shape index (κ2) is 11.6. The molecule has 0 bridgehead atoms. The summed E-state index contributed by atoms with van der Waals surface area (Å²) in [4.78, 5) is 45.3. The van der Waals surface area contributed by atoms with Crippen molar-refractivity contribution in [3.05, 3.63) is 46.1 Å². The van der Waals surface area contributed by atoms with Crippen molar-refractivity contribution in [3.8, 4) is 0 Å². The third-order valence-corrected chi connectivity index (χ3v) is 7.78. The quantitative estimate of drug-likeness (QED) is 0.555. The average Bonchev–Trinajstić information content (AvgIpc) is 3.39. The molecule has 4 rings (SSSR count). The zero-order chi connectivity index (χ0) is 25.8. The van der Waals surface area contributed by atoms with Crippen LogP contribution in [0.4, 0.5) is 4.79 Å². The molecular weight excluding hydrogens is 480 g/mol. The van der Waals surface area contributed by atoms with Crippen LogP contribution in [0, 0.1) is 5.92 Å². The number of ether oxygens (including phenoxy) is 1. The van der Waals surface area contributed by atoms with E-state index in [4.69, 9.17) is 16.3 Å². The third-order valence-electron chi connectivity index (χ3n) is 7.53. The molecule has 2 heterocycles. The molecule has 1 aromatic carbocycles. The Labute approximate surface area is 218 Å². The van der Waals surface area contributed by atoms with E-state index >= 15 is 0 Å². The van der Waals surface area contributed by atoms with Crippen LogP contribution < -0.4 is 5.32 Å². The van der Waals surface area contributed by atoms with Crippen LogP contribution in [0.5, 0.6) is 0 Å². The fraction of sp³-hybridized carbons (Fsp3) is 0.593. The van der Waals surface area contributed by atoms with E-state index in [1.807, 2.05) is 24.0 Å². The number of hydrogen-bond donors (Lipinski definition) is 1. The van der Waals surface area contributed by atoms with Crippen LogP contribution in [0.25, 0.3) is 0 Å². The van der Waals surface area contributed by atoms with Crippen LogP contribution in [0.2, 0.25) is 5.02 Å². The minimum Gasteiger partial charge on any atom is -0.463 e. The van der Waals surface area contributed by atoms with Crippen LogP contribution in [-0.2, 0) is 14.3 Å². The van der Waals surface area contributed by atoms with E-state index in [1.165, 1.54) is 0 Å². The number of halogens is 1. The topological polar surface area (TPSA) is 82.2 Å². The highest BCUT2D eigenvalue weighted by molar-refractivity contribution is 6.30. The second-order valence-corrected chi connectivity index (χ2v) is 10.3. The molecule has 2 fully saturated rings. The molecule has 9 heteroatoms. The lowest BCUT2D eigenvalue weighted by Gasteiger charge is -2.43. The molecule has 3 amide bonds. The summed E-state index contributed by atoms with van der Waals surface area (Å²) in [5, 5.41) is 3.57. The molecule has 3 aliphatic rings. The molecule has 8 nitrogen and oxygen atoms in total. The van der Waals surface area contributed by atoms with Gasteiger partial charge in [-0.1, -0.05) is 36.6 Å². The minimum absolute atomic E-state index is 0.0676. The fourth-order valence-corrected chi connectivity index (χ4v) is 5.81. The molecule has 1 N–H and O–H groups in total. The number of amides is 3. The zero-order valence-corrected chi connectivity index (χ0v) is 22.2. The number of benzene rings is 1. The maximum atomic E-state index is 13.3. The summed E-state index contributed by atoms with van der Waals surface area (Å²) < 4.78 is 5.46. The van der Waals surface area contributed by atoms with E-state index in [2.05, 4.69) is 17.1 Å². The van der Waals surface area contributed by atoms with Crippen molar-refractivity contribution in [2.45, 2.75) is 58.5 Å². The van der Waals surface area contributed by atoms with Gasteiger partial charge in [0.05, 0.1) is 18.2 Å². The van der Waals surface area contributed by atoms with Crippen LogP contribution in [0.1, 0.15) is 58.1 Å². The lowest BCUT2D eigenvalue weighted by Crippen LogP contribution is -2.57. The number of urea groups is 1. The highest BCUT2D eigenvalue weighted by atomic mass is 35.5. The lowest BCUT2D eigenvalue weighted by molar-refractivity contribution is -0.140. The van der Waals surface area contributed by atoms with Gasteiger partial charge in [-0.2, -0.15) is 0 Å². The summed E-state index contributed by atoms with van der Waals surface area (Å²) >= 11 is 6.09. The highest BCUT2D eigenvalue weighted by Gasteiger charge is 2.39. The first-order valence-corrected chi connectivity index (χ1v) is 13.5. The number of carbonyl (C=O) groups excluding carboxylic acids is 3. The first-order valence-electron chi connectivity index (χ1n) is 13.1. The van der Waals surface area contributed by atoms with Crippen molar-refractivity contribution in [1.29, 1.82) is 0 Å². The number of hydrogen-bond acceptors (Lipinski definition) is 5. The van der Waals surface area contributed by atoms with Gasteiger partial charge in [0.2, 0.25) is 5.91 Å². The summed E-state index contributed by atoms with van der Waals surface area (Å²) in [6.45, 7) is 8.86. The lowest BCUT2D eigenvalue weighted by atomic mass is 9.94. The van der Waals surface area contributed by atoms with Gasteiger partial charge in [0.15, 0.2) is 0 Å². The van der Waals surface area contributed by atoms with Gasteiger partial charge in [0.1, 0.15) is 0 Å². The molecule has 2 aliphatic heterocycles. The van der Waals surface area contributed by atoms with Crippen LogP contribution in [0.3, 0.4) is 0 Å². The van der Waals surface area contributed by atoms with Gasteiger partial charge in [0, 0.05) is 55.4 Å². The average molecular weight is 517 g/mol. The number of piperazine rings is 1. The number of rotatable bonds is 7. The van der Waals surface area contributed by atoms with E-state index < -0.39 is 12.0 Å². The number of likely N-dealkylation sites (N-methyl/N-ethyl adjacent to an activating group) is 1. The molecule has 2 atom stereocenters. The normalized spacial score (nSPS) is 23.7. The van der Waals surface area contributed by atoms with Gasteiger partial charge in [0.25, 0.3) is 0 Å². The molecule has 1 saturated heterocycles.